The van der Waals surface area contributed by atoms with E-state index in [1.165, 1.54) is 6.20 Å². The molecule has 0 saturated carbocycles. The van der Waals surface area contributed by atoms with E-state index < -0.39 is 15.9 Å². The van der Waals surface area contributed by atoms with E-state index >= 15 is 0 Å². The minimum atomic E-state index is -3.55. The number of primary sulfonamides is 1. The van der Waals surface area contributed by atoms with Crippen LogP contribution in [-0.2, 0) is 10.0 Å². The second-order valence-electron chi connectivity index (χ2n) is 2.48. The Hall–Kier alpha value is -1.48. The molecular formula is C5H9N5O3S. The Morgan fingerprint density at radius 3 is 2.86 bits per heavy atom. The number of H-pyrrole nitrogens is 1. The SMILES string of the molecule is NS(=O)(=O)CCNC(=O)c1cn[nH]n1. The van der Waals surface area contributed by atoms with Gasteiger partial charge in [0.15, 0.2) is 5.69 Å². The lowest BCUT2D eigenvalue weighted by Crippen LogP contribution is -2.31. The van der Waals surface area contributed by atoms with Gasteiger partial charge in [0.25, 0.3) is 5.91 Å². The number of aromatic amines is 1. The summed E-state index contributed by atoms with van der Waals surface area (Å²) in [5, 5.41) is 16.2. The number of aromatic nitrogens is 3. The van der Waals surface area contributed by atoms with Gasteiger partial charge in [-0.15, -0.1) is 0 Å². The van der Waals surface area contributed by atoms with Crippen molar-refractivity contribution in [3.63, 3.8) is 0 Å². The average molecular weight is 219 g/mol. The van der Waals surface area contributed by atoms with Crippen LogP contribution in [0.4, 0.5) is 0 Å². The van der Waals surface area contributed by atoms with Gasteiger partial charge in [-0.25, -0.2) is 13.6 Å². The van der Waals surface area contributed by atoms with Crippen molar-refractivity contribution in [3.05, 3.63) is 11.9 Å². The fourth-order valence-electron chi connectivity index (χ4n) is 0.708. The molecule has 0 bridgehead atoms. The molecule has 1 rings (SSSR count). The Bertz CT molecular complexity index is 397. The zero-order valence-corrected chi connectivity index (χ0v) is 7.91. The Kier molecular flexibility index (Phi) is 3.14. The molecule has 1 amide bonds. The van der Waals surface area contributed by atoms with Crippen molar-refractivity contribution in [3.8, 4) is 0 Å². The first kappa shape index (κ1) is 10.6. The zero-order chi connectivity index (χ0) is 10.6. The maximum atomic E-state index is 11.1. The van der Waals surface area contributed by atoms with Crippen LogP contribution in [0.25, 0.3) is 0 Å². The maximum absolute atomic E-state index is 11.1. The molecule has 0 aromatic carbocycles. The summed E-state index contributed by atoms with van der Waals surface area (Å²) in [5.74, 6) is -0.807. The van der Waals surface area contributed by atoms with Gasteiger partial charge >= 0.3 is 0 Å². The number of nitrogens with zero attached hydrogens (tertiary/aromatic N) is 2. The highest BCUT2D eigenvalue weighted by Gasteiger charge is 2.09. The highest BCUT2D eigenvalue weighted by atomic mass is 32.2. The van der Waals surface area contributed by atoms with Crippen molar-refractivity contribution >= 4 is 15.9 Å². The molecule has 14 heavy (non-hydrogen) atoms. The molecule has 0 aliphatic rings. The van der Waals surface area contributed by atoms with Crippen LogP contribution in [0, 0.1) is 0 Å². The van der Waals surface area contributed by atoms with E-state index in [2.05, 4.69) is 20.7 Å². The summed E-state index contributed by atoms with van der Waals surface area (Å²) in [4.78, 5) is 11.1. The summed E-state index contributed by atoms with van der Waals surface area (Å²) in [7, 11) is -3.55. The summed E-state index contributed by atoms with van der Waals surface area (Å²) in [6.45, 7) is -0.0511. The molecule has 1 aromatic rings. The summed E-state index contributed by atoms with van der Waals surface area (Å²) in [6, 6.07) is 0. The molecule has 0 atom stereocenters. The molecule has 0 aliphatic heterocycles. The van der Waals surface area contributed by atoms with Gasteiger partial charge in [-0.1, -0.05) is 0 Å². The van der Waals surface area contributed by atoms with Crippen LogP contribution in [0.5, 0.6) is 0 Å². The van der Waals surface area contributed by atoms with Gasteiger partial charge in [0.2, 0.25) is 10.0 Å². The van der Waals surface area contributed by atoms with Gasteiger partial charge in [0.1, 0.15) is 0 Å². The second-order valence-corrected chi connectivity index (χ2v) is 4.21. The van der Waals surface area contributed by atoms with Gasteiger partial charge in [0, 0.05) is 6.54 Å². The van der Waals surface area contributed by atoms with Crippen LogP contribution in [0.1, 0.15) is 10.5 Å². The van der Waals surface area contributed by atoms with E-state index in [9.17, 15) is 13.2 Å². The number of carbonyl (C=O) groups excluding carboxylic acids is 1. The van der Waals surface area contributed by atoms with Crippen molar-refractivity contribution in [2.75, 3.05) is 12.3 Å². The van der Waals surface area contributed by atoms with Gasteiger partial charge in [-0.3, -0.25) is 4.79 Å². The predicted octanol–water partition coefficient (Wildman–Crippen LogP) is -2.18. The molecule has 0 unspecified atom stereocenters. The van der Waals surface area contributed by atoms with Gasteiger partial charge in [-0.05, 0) is 0 Å². The Morgan fingerprint density at radius 1 is 1.64 bits per heavy atom. The lowest BCUT2D eigenvalue weighted by atomic mass is 10.4. The molecule has 9 heteroatoms. The zero-order valence-electron chi connectivity index (χ0n) is 7.10. The van der Waals surface area contributed by atoms with E-state index in [0.29, 0.717) is 0 Å². The van der Waals surface area contributed by atoms with Crippen LogP contribution >= 0.6 is 0 Å². The highest BCUT2D eigenvalue weighted by Crippen LogP contribution is 1.87. The quantitative estimate of drug-likeness (QED) is 0.530. The van der Waals surface area contributed by atoms with Crippen molar-refractivity contribution < 1.29 is 13.2 Å². The normalized spacial score (nSPS) is 11.2. The van der Waals surface area contributed by atoms with E-state index in [1.54, 1.807) is 0 Å². The molecule has 0 spiro atoms. The fraction of sp³-hybridized carbons (Fsp3) is 0.400. The second kappa shape index (κ2) is 4.15. The summed E-state index contributed by atoms with van der Waals surface area (Å²) < 4.78 is 21.0. The maximum Gasteiger partial charge on any atom is 0.273 e. The van der Waals surface area contributed by atoms with Crippen LogP contribution in [-0.4, -0.2) is 42.0 Å². The number of hydrogen-bond donors (Lipinski definition) is 3. The standard InChI is InChI=1S/C5H9N5O3S/c6-14(12,13)2-1-7-5(11)4-3-8-10-9-4/h3H,1-2H2,(H,7,11)(H2,6,12,13)(H,8,9,10). The highest BCUT2D eigenvalue weighted by molar-refractivity contribution is 7.89. The molecular weight excluding hydrogens is 210 g/mol. The lowest BCUT2D eigenvalue weighted by Gasteiger charge is -2.00. The van der Waals surface area contributed by atoms with Crippen LogP contribution in [0.15, 0.2) is 6.20 Å². The minimum Gasteiger partial charge on any atom is -0.350 e. The molecule has 4 N–H and O–H groups in total. The van der Waals surface area contributed by atoms with Gasteiger partial charge < -0.3 is 5.32 Å². The number of nitrogens with one attached hydrogen (secondary N) is 2. The number of hydrogen-bond acceptors (Lipinski definition) is 5. The first-order valence-electron chi connectivity index (χ1n) is 3.63. The number of sulfonamides is 1. The number of amides is 1. The molecule has 0 fully saturated rings. The smallest absolute Gasteiger partial charge is 0.273 e. The first-order chi connectivity index (χ1) is 6.49. The molecule has 1 heterocycles. The first-order valence-corrected chi connectivity index (χ1v) is 5.35. The van der Waals surface area contributed by atoms with E-state index in [4.69, 9.17) is 5.14 Å². The molecule has 0 radical (unpaired) electrons. The van der Waals surface area contributed by atoms with E-state index in [0.717, 1.165) is 0 Å². The predicted molar refractivity (Wildman–Crippen MR) is 46.7 cm³/mol. The molecule has 0 saturated heterocycles. The molecule has 78 valence electrons. The van der Waals surface area contributed by atoms with E-state index in [-0.39, 0.29) is 18.0 Å². The van der Waals surface area contributed by atoms with Crippen LogP contribution in [0.2, 0.25) is 0 Å². The third kappa shape index (κ3) is 3.49. The van der Waals surface area contributed by atoms with Crippen LogP contribution < -0.4 is 10.5 Å². The Labute approximate surface area is 79.9 Å². The fourth-order valence-corrected chi connectivity index (χ4v) is 1.09. The average Bonchev–Trinajstić information content (AvgIpc) is 2.53. The topological polar surface area (TPSA) is 131 Å². The monoisotopic (exact) mass is 219 g/mol. The molecule has 8 nitrogen and oxygen atoms in total. The van der Waals surface area contributed by atoms with E-state index in [1.807, 2.05) is 0 Å². The summed E-state index contributed by atoms with van der Waals surface area (Å²) >= 11 is 0. The Balaban J connectivity index is 2.37. The molecule has 1 aromatic heterocycles. The van der Waals surface area contributed by atoms with Crippen molar-refractivity contribution in [2.24, 2.45) is 5.14 Å². The van der Waals surface area contributed by atoms with Gasteiger partial charge in [-0.2, -0.15) is 15.4 Å². The third-order valence-electron chi connectivity index (χ3n) is 1.32. The van der Waals surface area contributed by atoms with Crippen molar-refractivity contribution in [2.45, 2.75) is 0 Å². The van der Waals surface area contributed by atoms with Gasteiger partial charge in [0.05, 0.1) is 11.9 Å². The number of rotatable bonds is 4. The molecule has 0 aliphatic carbocycles. The summed E-state index contributed by atoms with van der Waals surface area (Å²) in [5.41, 5.74) is 0.0967. The largest absolute Gasteiger partial charge is 0.350 e. The van der Waals surface area contributed by atoms with Crippen molar-refractivity contribution in [1.29, 1.82) is 0 Å². The third-order valence-corrected chi connectivity index (χ3v) is 2.09. The summed E-state index contributed by atoms with van der Waals surface area (Å²) in [6.07, 6.45) is 1.23. The van der Waals surface area contributed by atoms with Crippen LogP contribution in [0.3, 0.4) is 0 Å². The Morgan fingerprint density at radius 2 is 2.36 bits per heavy atom. The number of nitrogens with two attached hydrogens (primary N) is 1. The van der Waals surface area contributed by atoms with Crippen molar-refractivity contribution in [1.82, 2.24) is 20.7 Å². The lowest BCUT2D eigenvalue weighted by molar-refractivity contribution is 0.0951. The number of carbonyl (C=O) groups is 1. The minimum absolute atomic E-state index is 0.0511.